The average Bonchev–Trinajstić information content (AvgIpc) is 2.38. The third kappa shape index (κ3) is 3.06. The highest BCUT2D eigenvalue weighted by molar-refractivity contribution is 7.92. The number of nitrogens with zero attached hydrogens (tertiary/aromatic N) is 2. The van der Waals surface area contributed by atoms with Crippen molar-refractivity contribution in [2.45, 2.75) is 4.90 Å². The van der Waals surface area contributed by atoms with Gasteiger partial charge < -0.3 is 5.73 Å². The zero-order valence-corrected chi connectivity index (χ0v) is 12.7. The van der Waals surface area contributed by atoms with Crippen molar-refractivity contribution in [3.63, 3.8) is 0 Å². The first-order valence-corrected chi connectivity index (χ1v) is 7.67. The summed E-state index contributed by atoms with van der Waals surface area (Å²) >= 11 is 17.2. The molecule has 106 valence electrons. The molecule has 0 bridgehead atoms. The lowest BCUT2D eigenvalue weighted by atomic mass is 10.3. The van der Waals surface area contributed by atoms with Crippen LogP contribution in [0.2, 0.25) is 15.2 Å². The van der Waals surface area contributed by atoms with Crippen LogP contribution in [0.3, 0.4) is 0 Å². The molecule has 1 aromatic heterocycles. The Morgan fingerprint density at radius 1 is 1.15 bits per heavy atom. The predicted molar refractivity (Wildman–Crippen MR) is 78.7 cm³/mol. The fourth-order valence-electron chi connectivity index (χ4n) is 1.29. The minimum Gasteiger partial charge on any atom is -0.397 e. The molecule has 6 nitrogen and oxygen atoms in total. The van der Waals surface area contributed by atoms with Crippen LogP contribution < -0.4 is 10.5 Å². The third-order valence-corrected chi connectivity index (χ3v) is 4.68. The molecule has 0 fully saturated rings. The Bertz CT molecular complexity index is 767. The highest BCUT2D eigenvalue weighted by Crippen LogP contribution is 2.28. The Hall–Kier alpha value is -1.28. The minimum absolute atomic E-state index is 0.0602. The molecular formula is C10H7Cl3N4O2S. The maximum Gasteiger partial charge on any atom is 0.263 e. The lowest BCUT2D eigenvalue weighted by molar-refractivity contribution is 0.601. The Balaban J connectivity index is 2.41. The second kappa shape index (κ2) is 5.61. The molecule has 0 atom stereocenters. The molecule has 0 aliphatic carbocycles. The van der Waals surface area contributed by atoms with Gasteiger partial charge in [-0.05, 0) is 18.2 Å². The first-order chi connectivity index (χ1) is 9.31. The number of benzene rings is 1. The van der Waals surface area contributed by atoms with Gasteiger partial charge in [0.15, 0.2) is 11.0 Å². The number of halogens is 3. The molecule has 1 aromatic carbocycles. The van der Waals surface area contributed by atoms with E-state index in [9.17, 15) is 8.42 Å². The molecule has 1 heterocycles. The number of nitrogens with two attached hydrogens (primary N) is 1. The van der Waals surface area contributed by atoms with Crippen LogP contribution in [0, 0.1) is 0 Å². The van der Waals surface area contributed by atoms with Crippen molar-refractivity contribution in [3.05, 3.63) is 39.7 Å². The summed E-state index contributed by atoms with van der Waals surface area (Å²) in [5.41, 5.74) is 5.71. The standard InChI is InChI=1S/C10H7Cl3N4O2S/c11-6-2-1-5(3-7(6)14)20(18,19)17-10-8(12)9(13)15-4-16-10/h1-4H,14H2,(H,15,16,17). The molecule has 3 N–H and O–H groups in total. The van der Waals surface area contributed by atoms with Gasteiger partial charge in [-0.15, -0.1) is 0 Å². The Morgan fingerprint density at radius 3 is 2.50 bits per heavy atom. The smallest absolute Gasteiger partial charge is 0.263 e. The normalized spacial score (nSPS) is 11.3. The van der Waals surface area contributed by atoms with Crippen molar-refractivity contribution >= 4 is 56.3 Å². The molecule has 0 radical (unpaired) electrons. The van der Waals surface area contributed by atoms with Gasteiger partial charge in [0.25, 0.3) is 10.0 Å². The van der Waals surface area contributed by atoms with Crippen molar-refractivity contribution in [3.8, 4) is 0 Å². The molecule has 0 amide bonds. The molecule has 0 aliphatic rings. The number of rotatable bonds is 3. The highest BCUT2D eigenvalue weighted by Gasteiger charge is 2.18. The van der Waals surface area contributed by atoms with Crippen molar-refractivity contribution < 1.29 is 8.42 Å². The Morgan fingerprint density at radius 2 is 1.85 bits per heavy atom. The number of hydrogen-bond donors (Lipinski definition) is 2. The van der Waals surface area contributed by atoms with E-state index in [-0.39, 0.29) is 31.6 Å². The molecule has 0 spiro atoms. The van der Waals surface area contributed by atoms with Crippen LogP contribution in [0.15, 0.2) is 29.4 Å². The number of nitrogen functional groups attached to an aromatic ring is 1. The van der Waals surface area contributed by atoms with E-state index in [4.69, 9.17) is 40.5 Å². The Kier molecular flexibility index (Phi) is 4.24. The van der Waals surface area contributed by atoms with Crippen LogP contribution >= 0.6 is 34.8 Å². The third-order valence-electron chi connectivity index (χ3n) is 2.26. The maximum atomic E-state index is 12.2. The molecule has 0 unspecified atom stereocenters. The van der Waals surface area contributed by atoms with Gasteiger partial charge in [0, 0.05) is 0 Å². The van der Waals surface area contributed by atoms with E-state index in [1.54, 1.807) is 0 Å². The second-order valence-electron chi connectivity index (χ2n) is 3.62. The summed E-state index contributed by atoms with van der Waals surface area (Å²) in [6, 6.07) is 3.90. The summed E-state index contributed by atoms with van der Waals surface area (Å²) in [4.78, 5) is 7.25. The molecule has 0 saturated heterocycles. The van der Waals surface area contributed by atoms with Crippen LogP contribution in [0.5, 0.6) is 0 Å². The first-order valence-electron chi connectivity index (χ1n) is 5.05. The fraction of sp³-hybridized carbons (Fsp3) is 0. The highest BCUT2D eigenvalue weighted by atomic mass is 35.5. The van der Waals surface area contributed by atoms with E-state index in [0.717, 1.165) is 6.33 Å². The average molecular weight is 354 g/mol. The molecule has 2 aromatic rings. The topological polar surface area (TPSA) is 98.0 Å². The van der Waals surface area contributed by atoms with Crippen LogP contribution in [0.4, 0.5) is 11.5 Å². The number of sulfonamides is 1. The lowest BCUT2D eigenvalue weighted by Crippen LogP contribution is -2.14. The van der Waals surface area contributed by atoms with Gasteiger partial charge in [-0.25, -0.2) is 18.4 Å². The van der Waals surface area contributed by atoms with Crippen LogP contribution in [-0.4, -0.2) is 18.4 Å². The summed E-state index contributed by atoms with van der Waals surface area (Å²) in [7, 11) is -3.91. The molecule has 10 heteroatoms. The summed E-state index contributed by atoms with van der Waals surface area (Å²) < 4.78 is 26.5. The SMILES string of the molecule is Nc1cc(S(=O)(=O)Nc2ncnc(Cl)c2Cl)ccc1Cl. The summed E-state index contributed by atoms with van der Waals surface area (Å²) in [5, 5.41) is 0.0988. The van der Waals surface area contributed by atoms with Crippen molar-refractivity contribution in [1.82, 2.24) is 9.97 Å². The molecule has 0 saturated carbocycles. The number of nitrogens with one attached hydrogen (secondary N) is 1. The largest absolute Gasteiger partial charge is 0.397 e. The van der Waals surface area contributed by atoms with Crippen LogP contribution in [-0.2, 0) is 10.0 Å². The van der Waals surface area contributed by atoms with Crippen LogP contribution in [0.25, 0.3) is 0 Å². The number of anilines is 2. The number of hydrogen-bond acceptors (Lipinski definition) is 5. The molecule has 2 rings (SSSR count). The quantitative estimate of drug-likeness (QED) is 0.653. The van der Waals surface area contributed by atoms with Gasteiger partial charge >= 0.3 is 0 Å². The van der Waals surface area contributed by atoms with Gasteiger partial charge in [0.2, 0.25) is 0 Å². The van der Waals surface area contributed by atoms with Crippen molar-refractivity contribution in [1.29, 1.82) is 0 Å². The zero-order valence-electron chi connectivity index (χ0n) is 9.64. The van der Waals surface area contributed by atoms with E-state index >= 15 is 0 Å². The van der Waals surface area contributed by atoms with Gasteiger partial charge in [0.1, 0.15) is 11.3 Å². The zero-order chi connectivity index (χ0) is 14.9. The van der Waals surface area contributed by atoms with Gasteiger partial charge in [0.05, 0.1) is 15.6 Å². The van der Waals surface area contributed by atoms with Gasteiger partial charge in [-0.1, -0.05) is 34.8 Å². The fourth-order valence-corrected chi connectivity index (χ4v) is 2.80. The van der Waals surface area contributed by atoms with E-state index in [1.165, 1.54) is 18.2 Å². The van der Waals surface area contributed by atoms with E-state index in [2.05, 4.69) is 14.7 Å². The van der Waals surface area contributed by atoms with E-state index < -0.39 is 10.0 Å². The van der Waals surface area contributed by atoms with E-state index in [0.29, 0.717) is 0 Å². The monoisotopic (exact) mass is 352 g/mol. The molecular weight excluding hydrogens is 347 g/mol. The molecule has 0 aliphatic heterocycles. The van der Waals surface area contributed by atoms with Gasteiger partial charge in [-0.3, -0.25) is 4.72 Å². The van der Waals surface area contributed by atoms with Crippen molar-refractivity contribution in [2.24, 2.45) is 0 Å². The summed E-state index contributed by atoms with van der Waals surface area (Å²) in [6.07, 6.45) is 1.09. The van der Waals surface area contributed by atoms with E-state index in [1.807, 2.05) is 0 Å². The predicted octanol–water partition coefficient (Wildman–Crippen LogP) is 2.82. The van der Waals surface area contributed by atoms with Gasteiger partial charge in [-0.2, -0.15) is 0 Å². The Labute approximate surface area is 129 Å². The van der Waals surface area contributed by atoms with Crippen molar-refractivity contribution in [2.75, 3.05) is 10.5 Å². The number of aromatic nitrogens is 2. The van der Waals surface area contributed by atoms with Crippen LogP contribution in [0.1, 0.15) is 0 Å². The summed E-state index contributed by atoms with van der Waals surface area (Å²) in [6.45, 7) is 0. The summed E-state index contributed by atoms with van der Waals surface area (Å²) in [5.74, 6) is -0.125. The lowest BCUT2D eigenvalue weighted by Gasteiger charge is -2.09. The molecule has 20 heavy (non-hydrogen) atoms. The first kappa shape index (κ1) is 15.1. The second-order valence-corrected chi connectivity index (χ2v) is 6.44. The minimum atomic E-state index is -3.91. The maximum absolute atomic E-state index is 12.2.